The number of nitrogens with two attached hydrogens (primary N) is 1. The molecule has 11 heavy (non-hydrogen) atoms. The second-order valence-corrected chi connectivity index (χ2v) is 2.54. The minimum absolute atomic E-state index is 0.465. The summed E-state index contributed by atoms with van der Waals surface area (Å²) in [7, 11) is -4.12. The summed E-state index contributed by atoms with van der Waals surface area (Å²) in [6.45, 7) is 1.26. The third-order valence-corrected chi connectivity index (χ3v) is 1.50. The minimum Gasteiger partial charge on any atom is -0.577 e. The van der Waals surface area contributed by atoms with E-state index in [-0.39, 0.29) is 0 Å². The van der Waals surface area contributed by atoms with Gasteiger partial charge >= 0.3 is 13.0 Å². The molecule has 0 aromatic heterocycles. The molecule has 0 radical (unpaired) electrons. The summed E-state index contributed by atoms with van der Waals surface area (Å²) >= 11 is 0. The van der Waals surface area contributed by atoms with Crippen molar-refractivity contribution < 1.29 is 28.4 Å². The monoisotopic (exact) mass is 167 g/mol. The molecule has 1 aliphatic heterocycles. The molecule has 2 atom stereocenters. The standard InChI is InChI=1S/C4H8BF2NO3/c1-2(9)3-4(10)11-5(6,7)8-3/h2-3,9H,8H2,1H3/t2-,3+/m1/s1. The second kappa shape index (κ2) is 2.42. The summed E-state index contributed by atoms with van der Waals surface area (Å²) < 4.78 is 28.2. The number of halogens is 2. The Hall–Kier alpha value is -0.685. The molecule has 0 bridgehead atoms. The van der Waals surface area contributed by atoms with Gasteiger partial charge in [-0.15, -0.1) is 0 Å². The van der Waals surface area contributed by atoms with Crippen molar-refractivity contribution in [2.45, 2.75) is 19.1 Å². The first-order chi connectivity index (χ1) is 4.92. The molecular formula is C4H8BF2NO3. The minimum atomic E-state index is -4.12. The van der Waals surface area contributed by atoms with Crippen molar-refractivity contribution in [2.24, 2.45) is 0 Å². The van der Waals surface area contributed by atoms with Gasteiger partial charge in [0.2, 0.25) is 0 Å². The maximum atomic E-state index is 12.3. The molecule has 0 aromatic carbocycles. The van der Waals surface area contributed by atoms with E-state index in [1.807, 2.05) is 0 Å². The van der Waals surface area contributed by atoms with Crippen LogP contribution in [0.1, 0.15) is 6.92 Å². The van der Waals surface area contributed by atoms with E-state index < -0.39 is 25.2 Å². The Kier molecular flexibility index (Phi) is 1.85. The van der Waals surface area contributed by atoms with Crippen molar-refractivity contribution in [3.8, 4) is 0 Å². The summed E-state index contributed by atoms with van der Waals surface area (Å²) in [5, 5.41) is 9.26. The highest BCUT2D eigenvalue weighted by atomic mass is 19.3. The Balaban J connectivity index is 2.67. The van der Waals surface area contributed by atoms with E-state index in [0.29, 0.717) is 5.23 Å². The second-order valence-electron chi connectivity index (χ2n) is 2.54. The molecular weight excluding hydrogens is 159 g/mol. The van der Waals surface area contributed by atoms with Crippen LogP contribution in [-0.2, 0) is 9.45 Å². The van der Waals surface area contributed by atoms with Gasteiger partial charge in [-0.05, 0) is 6.92 Å². The zero-order valence-electron chi connectivity index (χ0n) is 5.83. The van der Waals surface area contributed by atoms with Gasteiger partial charge in [0.05, 0.1) is 0 Å². The number of carbonyl (C=O) groups is 1. The number of quaternary nitrogens is 1. The summed E-state index contributed by atoms with van der Waals surface area (Å²) in [4.78, 5) is 10.6. The molecule has 64 valence electrons. The van der Waals surface area contributed by atoms with E-state index >= 15 is 0 Å². The largest absolute Gasteiger partial charge is 0.755 e. The molecule has 4 nitrogen and oxygen atoms in total. The fourth-order valence-corrected chi connectivity index (χ4v) is 0.950. The van der Waals surface area contributed by atoms with Gasteiger partial charge in [-0.25, -0.2) is 4.79 Å². The van der Waals surface area contributed by atoms with Crippen molar-refractivity contribution >= 4 is 13.0 Å². The number of aliphatic hydroxyl groups is 1. The average molecular weight is 167 g/mol. The molecule has 1 rings (SSSR count). The molecule has 0 aliphatic carbocycles. The number of rotatable bonds is 1. The van der Waals surface area contributed by atoms with E-state index in [9.17, 15) is 13.4 Å². The zero-order valence-corrected chi connectivity index (χ0v) is 5.83. The van der Waals surface area contributed by atoms with Crippen LogP contribution >= 0.6 is 0 Å². The van der Waals surface area contributed by atoms with Crippen LogP contribution in [0.15, 0.2) is 0 Å². The predicted octanol–water partition coefficient (Wildman–Crippen LogP) is -1.77. The molecule has 3 N–H and O–H groups in total. The predicted molar refractivity (Wildman–Crippen MR) is 31.5 cm³/mol. The Morgan fingerprint density at radius 2 is 2.36 bits per heavy atom. The quantitative estimate of drug-likeness (QED) is 0.454. The summed E-state index contributed by atoms with van der Waals surface area (Å²) in [5.41, 5.74) is 0. The van der Waals surface area contributed by atoms with Gasteiger partial charge in [0.25, 0.3) is 0 Å². The molecule has 7 heteroatoms. The zero-order chi connectivity index (χ0) is 8.65. The number of hydrogen-bond acceptors (Lipinski definition) is 3. The molecule has 0 saturated carbocycles. The van der Waals surface area contributed by atoms with Crippen molar-refractivity contribution in [1.82, 2.24) is 0 Å². The van der Waals surface area contributed by atoms with Crippen LogP contribution in [0.25, 0.3) is 0 Å². The van der Waals surface area contributed by atoms with Crippen molar-refractivity contribution in [3.05, 3.63) is 0 Å². The summed E-state index contributed by atoms with van der Waals surface area (Å²) in [6, 6.07) is -1.18. The molecule has 0 aromatic rings. The highest BCUT2D eigenvalue weighted by Gasteiger charge is 2.52. The molecule has 0 unspecified atom stereocenters. The van der Waals surface area contributed by atoms with Crippen LogP contribution in [-0.4, -0.2) is 30.3 Å². The van der Waals surface area contributed by atoms with Gasteiger partial charge in [0.15, 0.2) is 6.04 Å². The van der Waals surface area contributed by atoms with Gasteiger partial charge in [0, 0.05) is 0 Å². The van der Waals surface area contributed by atoms with Gasteiger partial charge in [-0.1, -0.05) is 0 Å². The van der Waals surface area contributed by atoms with Crippen molar-refractivity contribution in [3.63, 3.8) is 0 Å². The highest BCUT2D eigenvalue weighted by molar-refractivity contribution is 6.52. The van der Waals surface area contributed by atoms with E-state index in [1.165, 1.54) is 6.92 Å². The van der Waals surface area contributed by atoms with Gasteiger partial charge in [-0.2, -0.15) is 0 Å². The first-order valence-electron chi connectivity index (χ1n) is 3.20. The average Bonchev–Trinajstić information content (AvgIpc) is 2.05. The topological polar surface area (TPSA) is 63.1 Å². The van der Waals surface area contributed by atoms with E-state index in [1.54, 1.807) is 0 Å². The third kappa shape index (κ3) is 1.66. The van der Waals surface area contributed by atoms with Crippen LogP contribution in [0, 0.1) is 0 Å². The van der Waals surface area contributed by atoms with Crippen LogP contribution in [0.4, 0.5) is 8.63 Å². The number of carbonyl (C=O) groups excluding carboxylic acids is 1. The smallest absolute Gasteiger partial charge is 0.577 e. The van der Waals surface area contributed by atoms with E-state index in [4.69, 9.17) is 5.11 Å². The lowest BCUT2D eigenvalue weighted by Crippen LogP contribution is -3.00. The Morgan fingerprint density at radius 1 is 1.82 bits per heavy atom. The lowest BCUT2D eigenvalue weighted by molar-refractivity contribution is -0.580. The molecule has 0 spiro atoms. The maximum Gasteiger partial charge on any atom is 0.755 e. The molecule has 1 fully saturated rings. The SMILES string of the molecule is C[C@@H](O)[C@@H]1[NH2+][B-](F)(F)OC1=O. The lowest BCUT2D eigenvalue weighted by atomic mass is 10.1. The Bertz CT molecular complexity index is 186. The third-order valence-electron chi connectivity index (χ3n) is 1.50. The van der Waals surface area contributed by atoms with E-state index in [2.05, 4.69) is 4.65 Å². The van der Waals surface area contributed by atoms with E-state index in [0.717, 1.165) is 0 Å². The normalized spacial score (nSPS) is 31.6. The lowest BCUT2D eigenvalue weighted by Gasteiger charge is -2.10. The first kappa shape index (κ1) is 8.41. The maximum absolute atomic E-state index is 12.3. The summed E-state index contributed by atoms with van der Waals surface area (Å²) in [6.07, 6.45) is -1.11. The first-order valence-corrected chi connectivity index (χ1v) is 3.20. The Morgan fingerprint density at radius 3 is 2.55 bits per heavy atom. The molecule has 1 heterocycles. The molecule has 1 aliphatic rings. The number of aliphatic hydroxyl groups excluding tert-OH is 1. The fourth-order valence-electron chi connectivity index (χ4n) is 0.950. The Labute approximate surface area is 61.6 Å². The van der Waals surface area contributed by atoms with Crippen LogP contribution in [0.2, 0.25) is 0 Å². The van der Waals surface area contributed by atoms with Gasteiger partial charge < -0.3 is 23.6 Å². The van der Waals surface area contributed by atoms with Gasteiger partial charge in [0.1, 0.15) is 6.10 Å². The van der Waals surface area contributed by atoms with Crippen LogP contribution in [0.5, 0.6) is 0 Å². The molecule has 1 saturated heterocycles. The number of hydrogen-bond donors (Lipinski definition) is 2. The van der Waals surface area contributed by atoms with Crippen LogP contribution in [0.3, 0.4) is 0 Å². The van der Waals surface area contributed by atoms with Gasteiger partial charge in [-0.3, -0.25) is 0 Å². The fraction of sp³-hybridized carbons (Fsp3) is 0.750. The van der Waals surface area contributed by atoms with Crippen LogP contribution < -0.4 is 5.23 Å². The summed E-state index contributed by atoms with van der Waals surface area (Å²) in [5.74, 6) is -1.05. The van der Waals surface area contributed by atoms with Crippen molar-refractivity contribution in [2.75, 3.05) is 0 Å². The van der Waals surface area contributed by atoms with Crippen molar-refractivity contribution in [1.29, 1.82) is 0 Å². The highest BCUT2D eigenvalue weighted by Crippen LogP contribution is 2.08. The molecule has 0 amide bonds.